The highest BCUT2D eigenvalue weighted by Gasteiger charge is 2.36. The molecule has 0 amide bonds. The predicted octanol–water partition coefficient (Wildman–Crippen LogP) is 6.40. The van der Waals surface area contributed by atoms with Crippen molar-refractivity contribution in [2.45, 2.75) is 36.9 Å². The van der Waals surface area contributed by atoms with Crippen LogP contribution in [0.2, 0.25) is 0 Å². The monoisotopic (exact) mass is 657 g/mol. The minimum absolute atomic E-state index is 0.0815. The zero-order valence-corrected chi connectivity index (χ0v) is 23.6. The summed E-state index contributed by atoms with van der Waals surface area (Å²) in [6.45, 7) is 0.0815. The van der Waals surface area contributed by atoms with Crippen LogP contribution in [0.1, 0.15) is 39.6 Å². The van der Waals surface area contributed by atoms with Crippen LogP contribution in [0.4, 0.5) is 17.6 Å². The summed E-state index contributed by atoms with van der Waals surface area (Å²) in [4.78, 5) is 15.6. The number of carbonyl (C=O) groups is 1. The van der Waals surface area contributed by atoms with E-state index in [0.717, 1.165) is 40.4 Å². The van der Waals surface area contributed by atoms with Gasteiger partial charge in [0.05, 0.1) is 11.4 Å². The highest BCUT2D eigenvalue weighted by atomic mass is 79.9. The van der Waals surface area contributed by atoms with Gasteiger partial charge in [0.25, 0.3) is 0 Å². The molecule has 2 heterocycles. The second-order valence-corrected chi connectivity index (χ2v) is 12.6. The van der Waals surface area contributed by atoms with Gasteiger partial charge in [0.1, 0.15) is 10.7 Å². The average Bonchev–Trinajstić information content (AvgIpc) is 3.41. The van der Waals surface area contributed by atoms with Gasteiger partial charge in [-0.1, -0.05) is 34.1 Å². The topological polar surface area (TPSA) is 104 Å². The zero-order valence-electron chi connectivity index (χ0n) is 20.4. The van der Waals surface area contributed by atoms with Gasteiger partial charge in [-0.3, -0.25) is 0 Å². The van der Waals surface area contributed by atoms with E-state index in [-0.39, 0.29) is 12.3 Å². The molecule has 1 fully saturated rings. The number of benzene rings is 2. The average molecular weight is 658 g/mol. The Hall–Kier alpha value is -3.07. The van der Waals surface area contributed by atoms with Crippen LogP contribution in [-0.4, -0.2) is 23.9 Å². The smallest absolute Gasteiger partial charge is 0.420 e. The molecule has 0 aliphatic heterocycles. The Balaban J connectivity index is 1.58. The molecule has 0 bridgehead atoms. The van der Waals surface area contributed by atoms with Gasteiger partial charge in [-0.15, -0.1) is 11.3 Å². The van der Waals surface area contributed by atoms with Crippen molar-refractivity contribution in [2.24, 2.45) is 11.1 Å². The summed E-state index contributed by atoms with van der Waals surface area (Å²) in [5.41, 5.74) is 1.87. The maximum Gasteiger partial charge on any atom is 0.443 e. The number of hydrogen-bond donors (Lipinski definition) is 1. The first-order chi connectivity index (χ1) is 18.8. The Morgan fingerprint density at radius 3 is 2.52 bits per heavy atom. The first-order valence-electron chi connectivity index (χ1n) is 11.8. The van der Waals surface area contributed by atoms with Crippen molar-refractivity contribution in [3.05, 3.63) is 86.2 Å². The van der Waals surface area contributed by atoms with Crippen molar-refractivity contribution in [3.8, 4) is 17.0 Å². The summed E-state index contributed by atoms with van der Waals surface area (Å²) in [6, 6.07) is 12.5. The highest BCUT2D eigenvalue weighted by Crippen LogP contribution is 2.40. The predicted molar refractivity (Wildman–Crippen MR) is 143 cm³/mol. The van der Waals surface area contributed by atoms with Gasteiger partial charge >= 0.3 is 12.1 Å². The van der Waals surface area contributed by atoms with Gasteiger partial charge < -0.3 is 9.30 Å². The Bertz CT molecular complexity index is 1710. The molecule has 0 radical (unpaired) electrons. The maximum absolute atomic E-state index is 14.7. The summed E-state index contributed by atoms with van der Waals surface area (Å²) in [7, 11) is -4.26. The molecule has 1 saturated carbocycles. The molecule has 2 aromatic heterocycles. The molecule has 0 saturated heterocycles. The van der Waals surface area contributed by atoms with Crippen LogP contribution in [0.15, 0.2) is 63.3 Å². The third kappa shape index (κ3) is 6.29. The number of aromatic nitrogens is 2. The van der Waals surface area contributed by atoms with Crippen LogP contribution in [0.5, 0.6) is 5.75 Å². The number of sulfonamides is 1. The van der Waals surface area contributed by atoms with Gasteiger partial charge in [0.2, 0.25) is 10.0 Å². The Labute approximate surface area is 238 Å². The van der Waals surface area contributed by atoms with E-state index in [4.69, 9.17) is 9.88 Å². The van der Waals surface area contributed by atoms with E-state index in [2.05, 4.69) is 20.9 Å². The minimum atomic E-state index is -4.69. The standard InChI is InChI=1S/C26H20BrF4N3O4S2/c27-17-3-1-2-16(10-17)20-11-22(38-24(35)19-13-39-25(33-19)26(29,30)31)21(9-14-4-5-14)34(20)12-15-6-7-23(18(28)8-15)40(32,36)37/h1-3,6-8,10-11,13-14H,4-5,9,12H2,(H2,32,36,37). The van der Waals surface area contributed by atoms with Crippen LogP contribution in [0.3, 0.4) is 0 Å². The zero-order chi connectivity index (χ0) is 28.8. The van der Waals surface area contributed by atoms with Gasteiger partial charge in [-0.05, 0) is 60.6 Å². The third-order valence-corrected chi connectivity index (χ3v) is 8.59. The quantitative estimate of drug-likeness (QED) is 0.174. The molecule has 14 heteroatoms. The number of esters is 1. The number of primary sulfonamides is 1. The fourth-order valence-corrected chi connectivity index (χ4v) is 5.88. The molecule has 7 nitrogen and oxygen atoms in total. The summed E-state index contributed by atoms with van der Waals surface area (Å²) < 4.78 is 85.3. The van der Waals surface area contributed by atoms with Crippen LogP contribution in [0.25, 0.3) is 11.3 Å². The minimum Gasteiger partial charge on any atom is -0.420 e. The van der Waals surface area contributed by atoms with E-state index in [1.54, 1.807) is 12.1 Å². The lowest BCUT2D eigenvalue weighted by atomic mass is 10.1. The number of halogens is 5. The number of thiazole rings is 1. The third-order valence-electron chi connectivity index (χ3n) is 6.27. The van der Waals surface area contributed by atoms with E-state index < -0.39 is 43.6 Å². The number of ether oxygens (including phenoxy) is 1. The molecule has 2 aromatic carbocycles. The lowest BCUT2D eigenvalue weighted by molar-refractivity contribution is -0.137. The second kappa shape index (κ2) is 10.7. The van der Waals surface area contributed by atoms with Crippen molar-refractivity contribution in [3.63, 3.8) is 0 Å². The lowest BCUT2D eigenvalue weighted by Gasteiger charge is -2.15. The summed E-state index contributed by atoms with van der Waals surface area (Å²) in [6.07, 6.45) is -2.29. The summed E-state index contributed by atoms with van der Waals surface area (Å²) >= 11 is 3.74. The molecule has 0 spiro atoms. The van der Waals surface area contributed by atoms with E-state index >= 15 is 0 Å². The van der Waals surface area contributed by atoms with Gasteiger partial charge in [-0.25, -0.2) is 27.7 Å². The Morgan fingerprint density at radius 2 is 1.93 bits per heavy atom. The fourth-order valence-electron chi connectivity index (χ4n) is 4.23. The first kappa shape index (κ1) is 28.5. The molecule has 0 atom stereocenters. The number of carbonyl (C=O) groups excluding carboxylic acids is 1. The fraction of sp³-hybridized carbons (Fsp3) is 0.231. The second-order valence-electron chi connectivity index (χ2n) is 9.32. The largest absolute Gasteiger partial charge is 0.443 e. The van der Waals surface area contributed by atoms with E-state index in [9.17, 15) is 30.8 Å². The summed E-state index contributed by atoms with van der Waals surface area (Å²) in [5, 5.41) is 4.93. The molecule has 210 valence electrons. The number of nitrogens with two attached hydrogens (primary N) is 1. The normalized spacial score (nSPS) is 13.9. The molecule has 4 aromatic rings. The van der Waals surface area contributed by atoms with Crippen molar-refractivity contribution in [1.29, 1.82) is 0 Å². The molecule has 5 rings (SSSR count). The van der Waals surface area contributed by atoms with Crippen LogP contribution < -0.4 is 9.88 Å². The molecule has 0 unspecified atom stereocenters. The van der Waals surface area contributed by atoms with Crippen LogP contribution in [0, 0.1) is 11.7 Å². The molecular weight excluding hydrogens is 638 g/mol. The molecular formula is C26H20BrF4N3O4S2. The number of alkyl halides is 3. The van der Waals surface area contributed by atoms with E-state index in [0.29, 0.717) is 40.6 Å². The van der Waals surface area contributed by atoms with E-state index in [1.165, 1.54) is 6.07 Å². The van der Waals surface area contributed by atoms with Crippen LogP contribution in [-0.2, 0) is 29.2 Å². The number of hydrogen-bond acceptors (Lipinski definition) is 6. The Kier molecular flexibility index (Phi) is 7.63. The number of nitrogens with zero attached hydrogens (tertiary/aromatic N) is 2. The van der Waals surface area contributed by atoms with Crippen molar-refractivity contribution >= 4 is 43.3 Å². The summed E-state index contributed by atoms with van der Waals surface area (Å²) in [5.74, 6) is -1.59. The first-order valence-corrected chi connectivity index (χ1v) is 15.1. The Morgan fingerprint density at radius 1 is 1.18 bits per heavy atom. The molecule has 2 N–H and O–H groups in total. The molecule has 1 aliphatic rings. The van der Waals surface area contributed by atoms with Gasteiger partial charge in [0.15, 0.2) is 16.5 Å². The maximum atomic E-state index is 14.7. The lowest BCUT2D eigenvalue weighted by Crippen LogP contribution is -2.15. The van der Waals surface area contributed by atoms with E-state index in [1.807, 2.05) is 22.8 Å². The van der Waals surface area contributed by atoms with Crippen LogP contribution >= 0.6 is 27.3 Å². The van der Waals surface area contributed by atoms with Gasteiger partial charge in [-0.2, -0.15) is 13.2 Å². The SMILES string of the molecule is NS(=O)(=O)c1ccc(Cn2c(-c3cccc(Br)c3)cc(OC(=O)c3csc(C(F)(F)F)n3)c2CC2CC2)cc1F. The van der Waals surface area contributed by atoms with Gasteiger partial charge in [0, 0.05) is 22.5 Å². The van der Waals surface area contributed by atoms with Crippen molar-refractivity contribution in [1.82, 2.24) is 9.55 Å². The van der Waals surface area contributed by atoms with Crippen molar-refractivity contribution < 1.29 is 35.5 Å². The van der Waals surface area contributed by atoms with Crippen molar-refractivity contribution in [2.75, 3.05) is 0 Å². The molecule has 40 heavy (non-hydrogen) atoms. The highest BCUT2D eigenvalue weighted by molar-refractivity contribution is 9.10. The molecule has 1 aliphatic carbocycles. The number of rotatable bonds is 8.